The summed E-state index contributed by atoms with van der Waals surface area (Å²) in [6.07, 6.45) is 6.89. The second kappa shape index (κ2) is 11.6. The van der Waals surface area contributed by atoms with Crippen molar-refractivity contribution in [2.24, 2.45) is 0 Å². The molecule has 194 valence electrons. The Balaban J connectivity index is 1.45. The van der Waals surface area contributed by atoms with Crippen molar-refractivity contribution in [1.82, 2.24) is 35.0 Å². The number of fused-ring (bicyclic) bond motifs is 1. The van der Waals surface area contributed by atoms with E-state index >= 15 is 0 Å². The van der Waals surface area contributed by atoms with E-state index < -0.39 is 0 Å². The molecular formula is C27H39N7O2. The fraction of sp³-hybridized carbons (Fsp3) is 0.630. The minimum absolute atomic E-state index is 0.0186. The lowest BCUT2D eigenvalue weighted by Gasteiger charge is -2.34. The summed E-state index contributed by atoms with van der Waals surface area (Å²) in [6, 6.07) is 8.61. The molecule has 0 bridgehead atoms. The third-order valence-corrected chi connectivity index (χ3v) is 7.91. The molecule has 0 spiro atoms. The van der Waals surface area contributed by atoms with Gasteiger partial charge in [-0.25, -0.2) is 4.68 Å². The summed E-state index contributed by atoms with van der Waals surface area (Å²) in [5.74, 6) is 0.930. The zero-order valence-corrected chi connectivity index (χ0v) is 21.7. The topological polar surface area (TPSA) is 92.2 Å². The van der Waals surface area contributed by atoms with E-state index in [4.69, 9.17) is 4.74 Å². The molecule has 3 aromatic rings. The number of hydrogen-bond donors (Lipinski definition) is 1. The molecule has 5 rings (SSSR count). The summed E-state index contributed by atoms with van der Waals surface area (Å²) < 4.78 is 7.63. The van der Waals surface area contributed by atoms with Gasteiger partial charge in [0.15, 0.2) is 5.82 Å². The molecular weight excluding hydrogens is 454 g/mol. The summed E-state index contributed by atoms with van der Waals surface area (Å²) in [7, 11) is 0. The molecule has 0 radical (unpaired) electrons. The smallest absolute Gasteiger partial charge is 0.252 e. The lowest BCUT2D eigenvalue weighted by molar-refractivity contribution is 0.0290. The van der Waals surface area contributed by atoms with Gasteiger partial charge < -0.3 is 9.72 Å². The maximum atomic E-state index is 13.2. The average Bonchev–Trinajstić information content (AvgIpc) is 3.39. The number of aryl methyl sites for hydroxylation is 1. The maximum Gasteiger partial charge on any atom is 0.252 e. The first-order valence-electron chi connectivity index (χ1n) is 13.6. The molecule has 1 atom stereocenters. The van der Waals surface area contributed by atoms with E-state index in [0.29, 0.717) is 12.6 Å². The van der Waals surface area contributed by atoms with Crippen molar-refractivity contribution in [2.75, 3.05) is 39.4 Å². The van der Waals surface area contributed by atoms with Crippen molar-refractivity contribution in [2.45, 2.75) is 71.0 Å². The number of pyridine rings is 1. The Bertz CT molecular complexity index is 1190. The number of aromatic nitrogens is 5. The number of para-hydroxylation sites is 1. The summed E-state index contributed by atoms with van der Waals surface area (Å²) in [5.41, 5.74) is 2.76. The van der Waals surface area contributed by atoms with Crippen LogP contribution in [0.2, 0.25) is 0 Å². The van der Waals surface area contributed by atoms with Crippen molar-refractivity contribution < 1.29 is 4.74 Å². The number of morpholine rings is 1. The molecule has 0 amide bonds. The highest BCUT2D eigenvalue weighted by molar-refractivity contribution is 5.81. The highest BCUT2D eigenvalue weighted by atomic mass is 16.5. The van der Waals surface area contributed by atoms with Crippen LogP contribution in [-0.4, -0.2) is 74.4 Å². The SMILES string of the molecule is CCC(c1nnnn1C1CCCCC1)N(CCN1CCOCC1)Cc1cc2cccc(C)c2[nH]c1=O. The van der Waals surface area contributed by atoms with Gasteiger partial charge in [0.2, 0.25) is 0 Å². The number of nitrogens with zero attached hydrogens (tertiary/aromatic N) is 6. The number of aromatic amines is 1. The summed E-state index contributed by atoms with van der Waals surface area (Å²) in [4.78, 5) is 21.2. The second-order valence-electron chi connectivity index (χ2n) is 10.3. The molecule has 36 heavy (non-hydrogen) atoms. The third-order valence-electron chi connectivity index (χ3n) is 7.91. The fourth-order valence-corrected chi connectivity index (χ4v) is 5.81. The minimum Gasteiger partial charge on any atom is -0.379 e. The van der Waals surface area contributed by atoms with E-state index in [9.17, 15) is 4.79 Å². The zero-order valence-electron chi connectivity index (χ0n) is 21.7. The average molecular weight is 494 g/mol. The van der Waals surface area contributed by atoms with E-state index in [0.717, 1.165) is 86.5 Å². The minimum atomic E-state index is -0.0186. The summed E-state index contributed by atoms with van der Waals surface area (Å²) in [6.45, 7) is 9.99. The van der Waals surface area contributed by atoms with Crippen LogP contribution in [0.3, 0.4) is 0 Å². The fourth-order valence-electron chi connectivity index (χ4n) is 5.81. The first-order valence-corrected chi connectivity index (χ1v) is 13.6. The molecule has 9 nitrogen and oxygen atoms in total. The van der Waals surface area contributed by atoms with Gasteiger partial charge in [-0.3, -0.25) is 14.6 Å². The van der Waals surface area contributed by atoms with Gasteiger partial charge in [-0.15, -0.1) is 5.10 Å². The molecule has 1 unspecified atom stereocenters. The largest absolute Gasteiger partial charge is 0.379 e. The van der Waals surface area contributed by atoms with Crippen LogP contribution in [0.25, 0.3) is 10.9 Å². The van der Waals surface area contributed by atoms with Crippen molar-refractivity contribution in [1.29, 1.82) is 0 Å². The summed E-state index contributed by atoms with van der Waals surface area (Å²) >= 11 is 0. The van der Waals surface area contributed by atoms with Gasteiger partial charge in [0, 0.05) is 38.3 Å². The number of ether oxygens (including phenoxy) is 1. The number of hydrogen-bond acceptors (Lipinski definition) is 7. The number of tetrazole rings is 1. The molecule has 3 heterocycles. The Hall–Kier alpha value is -2.62. The molecule has 2 aromatic heterocycles. The van der Waals surface area contributed by atoms with Crippen LogP contribution < -0.4 is 5.56 Å². The van der Waals surface area contributed by atoms with E-state index in [-0.39, 0.29) is 11.6 Å². The van der Waals surface area contributed by atoms with Gasteiger partial charge in [-0.2, -0.15) is 0 Å². The Kier molecular flexibility index (Phi) is 8.09. The molecule has 1 aliphatic carbocycles. The van der Waals surface area contributed by atoms with Crippen molar-refractivity contribution in [3.05, 3.63) is 51.6 Å². The number of H-pyrrole nitrogens is 1. The lowest BCUT2D eigenvalue weighted by Crippen LogP contribution is -2.43. The monoisotopic (exact) mass is 493 g/mol. The van der Waals surface area contributed by atoms with Gasteiger partial charge in [0.25, 0.3) is 5.56 Å². The Labute approximate surface area is 212 Å². The molecule has 1 N–H and O–H groups in total. The highest BCUT2D eigenvalue weighted by Gasteiger charge is 2.29. The number of benzene rings is 1. The first-order chi connectivity index (χ1) is 17.6. The molecule has 1 saturated heterocycles. The van der Waals surface area contributed by atoms with Crippen molar-refractivity contribution in [3.8, 4) is 0 Å². The third kappa shape index (κ3) is 5.53. The van der Waals surface area contributed by atoms with E-state index in [1.54, 1.807) is 0 Å². The van der Waals surface area contributed by atoms with Gasteiger partial charge >= 0.3 is 0 Å². The predicted octanol–water partition coefficient (Wildman–Crippen LogP) is 3.61. The van der Waals surface area contributed by atoms with Crippen LogP contribution in [-0.2, 0) is 11.3 Å². The zero-order chi connectivity index (χ0) is 24.9. The quantitative estimate of drug-likeness (QED) is 0.487. The van der Waals surface area contributed by atoms with Gasteiger partial charge in [-0.05, 0) is 53.6 Å². The normalized spacial score (nSPS) is 18.8. The van der Waals surface area contributed by atoms with Crippen LogP contribution in [0.4, 0.5) is 0 Å². The van der Waals surface area contributed by atoms with Crippen LogP contribution >= 0.6 is 0 Å². The highest BCUT2D eigenvalue weighted by Crippen LogP contribution is 2.32. The van der Waals surface area contributed by atoms with E-state index in [2.05, 4.69) is 54.0 Å². The number of nitrogens with one attached hydrogen (secondary N) is 1. The van der Waals surface area contributed by atoms with Crippen molar-refractivity contribution >= 4 is 10.9 Å². The molecule has 1 aromatic carbocycles. The molecule has 2 fully saturated rings. The van der Waals surface area contributed by atoms with Crippen LogP contribution in [0.15, 0.2) is 29.1 Å². The van der Waals surface area contributed by atoms with E-state index in [1.165, 1.54) is 19.3 Å². The Morgan fingerprint density at radius 1 is 1.19 bits per heavy atom. The molecule has 2 aliphatic rings. The number of rotatable bonds is 9. The van der Waals surface area contributed by atoms with Crippen LogP contribution in [0, 0.1) is 6.92 Å². The van der Waals surface area contributed by atoms with Gasteiger partial charge in [0.1, 0.15) is 0 Å². The van der Waals surface area contributed by atoms with Crippen LogP contribution in [0.1, 0.15) is 74.5 Å². The van der Waals surface area contributed by atoms with Crippen LogP contribution in [0.5, 0.6) is 0 Å². The van der Waals surface area contributed by atoms with Gasteiger partial charge in [-0.1, -0.05) is 44.4 Å². The molecule has 1 saturated carbocycles. The first kappa shape index (κ1) is 25.0. The molecule has 9 heteroatoms. The second-order valence-corrected chi connectivity index (χ2v) is 10.3. The van der Waals surface area contributed by atoms with E-state index in [1.807, 2.05) is 19.1 Å². The molecule has 1 aliphatic heterocycles. The summed E-state index contributed by atoms with van der Waals surface area (Å²) in [5, 5.41) is 14.2. The Morgan fingerprint density at radius 2 is 2.00 bits per heavy atom. The van der Waals surface area contributed by atoms with Gasteiger partial charge in [0.05, 0.1) is 30.8 Å². The standard InChI is InChI=1S/C27H39N7O2/c1-3-24(26-29-30-31-34(26)23-10-5-4-6-11-23)33(13-12-32-14-16-36-17-15-32)19-22-18-21-9-7-8-20(2)25(21)28-27(22)35/h7-9,18,23-24H,3-6,10-17,19H2,1-2H3,(H,28,35). The van der Waals surface area contributed by atoms with Crippen molar-refractivity contribution in [3.63, 3.8) is 0 Å². The Morgan fingerprint density at radius 3 is 2.78 bits per heavy atom. The lowest BCUT2D eigenvalue weighted by atomic mass is 9.95. The predicted molar refractivity (Wildman–Crippen MR) is 140 cm³/mol. The maximum absolute atomic E-state index is 13.2.